The van der Waals surface area contributed by atoms with Crippen LogP contribution < -0.4 is 5.32 Å². The molecule has 3 aromatic rings. The molecular formula is C30H41N. The predicted molar refractivity (Wildman–Crippen MR) is 138 cm³/mol. The minimum Gasteiger partial charge on any atom is -0.355 e. The monoisotopic (exact) mass is 415 g/mol. The highest BCUT2D eigenvalue weighted by molar-refractivity contribution is 5.95. The predicted octanol–water partition coefficient (Wildman–Crippen LogP) is 9.83. The van der Waals surface area contributed by atoms with Crippen LogP contribution in [0.15, 0.2) is 66.7 Å². The fourth-order valence-corrected chi connectivity index (χ4v) is 4.41. The second kappa shape index (κ2) is 13.9. The Morgan fingerprint density at radius 3 is 1.81 bits per heavy atom. The summed E-state index contributed by atoms with van der Waals surface area (Å²) in [5.74, 6) is 0. The molecule has 1 heteroatoms. The lowest BCUT2D eigenvalue weighted by atomic mass is 10.0. The molecule has 0 aliphatic rings. The molecule has 0 aliphatic heterocycles. The molecule has 1 nitrogen and oxygen atoms in total. The van der Waals surface area contributed by atoms with Gasteiger partial charge in [-0.15, -0.1) is 0 Å². The van der Waals surface area contributed by atoms with Crippen LogP contribution in [0.3, 0.4) is 0 Å². The van der Waals surface area contributed by atoms with E-state index in [0.29, 0.717) is 0 Å². The van der Waals surface area contributed by atoms with Crippen molar-refractivity contribution in [3.05, 3.63) is 72.3 Å². The van der Waals surface area contributed by atoms with Crippen molar-refractivity contribution in [1.29, 1.82) is 0 Å². The number of rotatable bonds is 15. The first-order valence-corrected chi connectivity index (χ1v) is 12.7. The van der Waals surface area contributed by atoms with Crippen molar-refractivity contribution < 1.29 is 0 Å². The van der Waals surface area contributed by atoms with Crippen LogP contribution in [0.2, 0.25) is 0 Å². The van der Waals surface area contributed by atoms with E-state index < -0.39 is 0 Å². The quantitative estimate of drug-likeness (QED) is 0.243. The van der Waals surface area contributed by atoms with Crippen LogP contribution in [0.1, 0.15) is 89.5 Å². The number of nitrogens with one attached hydrogen (secondary N) is 1. The maximum Gasteiger partial charge on any atom is 0.0463 e. The number of unbranched alkanes of at least 4 members (excludes halogenated alkanes) is 11. The largest absolute Gasteiger partial charge is 0.355 e. The van der Waals surface area contributed by atoms with E-state index in [1.54, 1.807) is 0 Å². The zero-order valence-corrected chi connectivity index (χ0v) is 19.5. The summed E-state index contributed by atoms with van der Waals surface area (Å²) in [5.41, 5.74) is 3.79. The fraction of sp³-hybridized carbons (Fsp3) is 0.467. The lowest BCUT2D eigenvalue weighted by molar-refractivity contribution is 0.544. The van der Waals surface area contributed by atoms with E-state index in [1.165, 1.54) is 105 Å². The van der Waals surface area contributed by atoms with Gasteiger partial charge in [-0.25, -0.2) is 0 Å². The van der Waals surface area contributed by atoms with Gasteiger partial charge in [-0.05, 0) is 42.0 Å². The third-order valence-corrected chi connectivity index (χ3v) is 6.34. The van der Waals surface area contributed by atoms with E-state index in [2.05, 4.69) is 79.0 Å². The first kappa shape index (κ1) is 23.4. The highest BCUT2D eigenvalue weighted by atomic mass is 14.9. The number of hydrogen-bond donors (Lipinski definition) is 1. The molecule has 0 saturated heterocycles. The van der Waals surface area contributed by atoms with E-state index in [9.17, 15) is 0 Å². The summed E-state index contributed by atoms with van der Waals surface area (Å²) in [6, 6.07) is 24.0. The molecule has 0 spiro atoms. The Labute approximate surface area is 190 Å². The summed E-state index contributed by atoms with van der Waals surface area (Å²) in [6.07, 6.45) is 18.1. The van der Waals surface area contributed by atoms with Gasteiger partial charge < -0.3 is 5.32 Å². The van der Waals surface area contributed by atoms with Gasteiger partial charge in [0.1, 0.15) is 0 Å². The van der Waals surface area contributed by atoms with Crippen molar-refractivity contribution in [2.24, 2.45) is 0 Å². The van der Waals surface area contributed by atoms with Crippen molar-refractivity contribution in [2.75, 3.05) is 5.32 Å². The molecule has 0 radical (unpaired) electrons. The van der Waals surface area contributed by atoms with Crippen LogP contribution >= 0.6 is 0 Å². The molecule has 0 amide bonds. The molecule has 3 rings (SSSR count). The van der Waals surface area contributed by atoms with Crippen LogP contribution in [-0.4, -0.2) is 0 Å². The van der Waals surface area contributed by atoms with Gasteiger partial charge in [0.25, 0.3) is 0 Å². The second-order valence-electron chi connectivity index (χ2n) is 8.99. The molecule has 3 aromatic carbocycles. The van der Waals surface area contributed by atoms with Crippen molar-refractivity contribution in [1.82, 2.24) is 0 Å². The third kappa shape index (κ3) is 8.40. The van der Waals surface area contributed by atoms with E-state index in [1.807, 2.05) is 0 Å². The maximum absolute atomic E-state index is 3.59. The summed E-state index contributed by atoms with van der Waals surface area (Å²) in [6.45, 7) is 2.29. The highest BCUT2D eigenvalue weighted by Gasteiger charge is 2.01. The average molecular weight is 416 g/mol. The SMILES string of the molecule is CCCCCCCCCCCCCCc1ccc(Nc2cccc3ccccc23)cc1. The van der Waals surface area contributed by atoms with Crippen molar-refractivity contribution in [2.45, 2.75) is 90.4 Å². The molecule has 0 heterocycles. The van der Waals surface area contributed by atoms with Crippen molar-refractivity contribution in [3.8, 4) is 0 Å². The smallest absolute Gasteiger partial charge is 0.0463 e. The Morgan fingerprint density at radius 1 is 0.548 bits per heavy atom. The average Bonchev–Trinajstić information content (AvgIpc) is 2.81. The number of anilines is 2. The van der Waals surface area contributed by atoms with Crippen LogP contribution in [0, 0.1) is 0 Å². The zero-order valence-electron chi connectivity index (χ0n) is 19.5. The zero-order chi connectivity index (χ0) is 21.6. The summed E-state index contributed by atoms with van der Waals surface area (Å²) < 4.78 is 0. The Bertz CT molecular complexity index is 860. The van der Waals surface area contributed by atoms with E-state index in [0.717, 1.165) is 5.69 Å². The lowest BCUT2D eigenvalue weighted by Gasteiger charge is -2.10. The fourth-order valence-electron chi connectivity index (χ4n) is 4.41. The molecular weight excluding hydrogens is 374 g/mol. The topological polar surface area (TPSA) is 12.0 Å². The van der Waals surface area contributed by atoms with Gasteiger partial charge in [0.15, 0.2) is 0 Å². The molecule has 1 N–H and O–H groups in total. The molecule has 31 heavy (non-hydrogen) atoms. The number of benzene rings is 3. The van der Waals surface area contributed by atoms with Gasteiger partial charge in [-0.1, -0.05) is 126 Å². The first-order valence-electron chi connectivity index (χ1n) is 12.7. The van der Waals surface area contributed by atoms with E-state index in [4.69, 9.17) is 0 Å². The highest BCUT2D eigenvalue weighted by Crippen LogP contribution is 2.26. The van der Waals surface area contributed by atoms with Gasteiger partial charge in [-0.2, -0.15) is 0 Å². The number of fused-ring (bicyclic) bond motifs is 1. The summed E-state index contributed by atoms with van der Waals surface area (Å²) in [7, 11) is 0. The van der Waals surface area contributed by atoms with Crippen LogP contribution in [-0.2, 0) is 6.42 Å². The third-order valence-electron chi connectivity index (χ3n) is 6.34. The van der Waals surface area contributed by atoms with Gasteiger partial charge in [-0.3, -0.25) is 0 Å². The Kier molecular flexibility index (Phi) is 10.5. The summed E-state index contributed by atoms with van der Waals surface area (Å²) >= 11 is 0. The van der Waals surface area contributed by atoms with Crippen molar-refractivity contribution in [3.63, 3.8) is 0 Å². The maximum atomic E-state index is 3.59. The molecule has 0 atom stereocenters. The Morgan fingerprint density at radius 2 is 1.13 bits per heavy atom. The molecule has 0 fully saturated rings. The minimum atomic E-state index is 1.16. The molecule has 0 aliphatic carbocycles. The van der Waals surface area contributed by atoms with Crippen LogP contribution in [0.4, 0.5) is 11.4 Å². The standard InChI is InChI=1S/C30H41N/c1-2-3-4-5-6-7-8-9-10-11-12-13-17-26-22-24-28(25-23-26)31-30-21-16-19-27-18-14-15-20-29(27)30/h14-16,18-25,31H,2-13,17H2,1H3. The Balaban J connectivity index is 1.29. The number of hydrogen-bond acceptors (Lipinski definition) is 1. The molecule has 0 aromatic heterocycles. The lowest BCUT2D eigenvalue weighted by Crippen LogP contribution is -1.92. The van der Waals surface area contributed by atoms with Gasteiger partial charge >= 0.3 is 0 Å². The second-order valence-corrected chi connectivity index (χ2v) is 8.99. The van der Waals surface area contributed by atoms with Crippen LogP contribution in [0.5, 0.6) is 0 Å². The van der Waals surface area contributed by atoms with Crippen LogP contribution in [0.25, 0.3) is 10.8 Å². The van der Waals surface area contributed by atoms with Gasteiger partial charge in [0, 0.05) is 16.8 Å². The number of aryl methyl sites for hydroxylation is 1. The summed E-state index contributed by atoms with van der Waals surface area (Å²) in [5, 5.41) is 6.13. The minimum absolute atomic E-state index is 1.16. The normalized spacial score (nSPS) is 11.1. The first-order chi connectivity index (χ1) is 15.4. The van der Waals surface area contributed by atoms with Gasteiger partial charge in [0.2, 0.25) is 0 Å². The van der Waals surface area contributed by atoms with Crippen molar-refractivity contribution >= 4 is 22.1 Å². The molecule has 0 saturated carbocycles. The molecule has 0 bridgehead atoms. The van der Waals surface area contributed by atoms with Gasteiger partial charge in [0.05, 0.1) is 0 Å². The molecule has 166 valence electrons. The van der Waals surface area contributed by atoms with E-state index >= 15 is 0 Å². The van der Waals surface area contributed by atoms with E-state index in [-0.39, 0.29) is 0 Å². The summed E-state index contributed by atoms with van der Waals surface area (Å²) in [4.78, 5) is 0. The Hall–Kier alpha value is -2.28. The molecule has 0 unspecified atom stereocenters.